The maximum atomic E-state index is 6.20. The number of piperidine rings is 1. The molecule has 2 aliphatic heterocycles. The largest absolute Gasteiger partial charge is 0.312 e. The fourth-order valence-corrected chi connectivity index (χ4v) is 3.04. The van der Waals surface area contributed by atoms with Gasteiger partial charge in [0.05, 0.1) is 6.17 Å². The van der Waals surface area contributed by atoms with E-state index >= 15 is 0 Å². The molecule has 4 N–H and O–H groups in total. The van der Waals surface area contributed by atoms with Gasteiger partial charge in [0.15, 0.2) is 0 Å². The molecule has 0 aromatic heterocycles. The molecule has 3 heteroatoms. The zero-order valence-electron chi connectivity index (χ0n) is 10.2. The molecule has 0 saturated carbocycles. The van der Waals surface area contributed by atoms with E-state index in [0.29, 0.717) is 12.1 Å². The third-order valence-corrected chi connectivity index (χ3v) is 3.99. The van der Waals surface area contributed by atoms with Crippen LogP contribution in [-0.2, 0) is 0 Å². The standard InChI is InChI=1S/C14H21N3/c15-14-11-6-2-1-5-10(11)9-13(17-14)12-7-3-4-8-16-12/h1-2,6,9,12-14,16-17H,3-5,7-8,15H2. The maximum absolute atomic E-state index is 6.20. The Morgan fingerprint density at radius 3 is 3.06 bits per heavy atom. The van der Waals surface area contributed by atoms with Gasteiger partial charge in [0, 0.05) is 12.1 Å². The lowest BCUT2D eigenvalue weighted by atomic mass is 9.86. The van der Waals surface area contributed by atoms with Gasteiger partial charge < -0.3 is 11.1 Å². The molecular formula is C14H21N3. The Hall–Kier alpha value is -0.900. The van der Waals surface area contributed by atoms with Crippen LogP contribution < -0.4 is 16.4 Å². The summed E-state index contributed by atoms with van der Waals surface area (Å²) >= 11 is 0. The van der Waals surface area contributed by atoms with Crippen LogP contribution in [0, 0.1) is 0 Å². The van der Waals surface area contributed by atoms with Gasteiger partial charge in [0.2, 0.25) is 0 Å². The molecule has 0 aromatic carbocycles. The molecule has 1 fully saturated rings. The van der Waals surface area contributed by atoms with Crippen LogP contribution in [0.25, 0.3) is 0 Å². The highest BCUT2D eigenvalue weighted by molar-refractivity contribution is 5.45. The van der Waals surface area contributed by atoms with Crippen molar-refractivity contribution in [2.45, 2.75) is 43.9 Å². The number of nitrogens with two attached hydrogens (primary N) is 1. The smallest absolute Gasteiger partial charge is 0.0817 e. The summed E-state index contributed by atoms with van der Waals surface area (Å²) in [6.07, 6.45) is 13.7. The Morgan fingerprint density at radius 1 is 1.29 bits per heavy atom. The van der Waals surface area contributed by atoms with E-state index in [1.165, 1.54) is 30.4 Å². The van der Waals surface area contributed by atoms with Crippen LogP contribution in [0.2, 0.25) is 0 Å². The number of rotatable bonds is 1. The minimum Gasteiger partial charge on any atom is -0.312 e. The van der Waals surface area contributed by atoms with Crippen LogP contribution in [0.4, 0.5) is 0 Å². The predicted molar refractivity (Wildman–Crippen MR) is 70.5 cm³/mol. The minimum absolute atomic E-state index is 0.00586. The van der Waals surface area contributed by atoms with E-state index < -0.39 is 0 Å². The molecule has 3 atom stereocenters. The third-order valence-electron chi connectivity index (χ3n) is 3.99. The summed E-state index contributed by atoms with van der Waals surface area (Å²) in [5.41, 5.74) is 8.88. The number of hydrogen-bond acceptors (Lipinski definition) is 3. The van der Waals surface area contributed by atoms with Gasteiger partial charge in [0.25, 0.3) is 0 Å². The van der Waals surface area contributed by atoms with E-state index in [-0.39, 0.29) is 6.17 Å². The van der Waals surface area contributed by atoms with Crippen molar-refractivity contribution in [1.29, 1.82) is 0 Å². The molecule has 17 heavy (non-hydrogen) atoms. The lowest BCUT2D eigenvalue weighted by Gasteiger charge is -2.37. The fraction of sp³-hybridized carbons (Fsp3) is 0.571. The maximum Gasteiger partial charge on any atom is 0.0817 e. The van der Waals surface area contributed by atoms with Gasteiger partial charge in [-0.05, 0) is 37.0 Å². The molecule has 0 bridgehead atoms. The molecule has 0 aromatic rings. The Bertz CT molecular complexity index is 375. The van der Waals surface area contributed by atoms with Crippen molar-refractivity contribution in [2.75, 3.05) is 6.54 Å². The van der Waals surface area contributed by atoms with Gasteiger partial charge >= 0.3 is 0 Å². The molecular weight excluding hydrogens is 210 g/mol. The first-order chi connectivity index (χ1) is 8.34. The first kappa shape index (κ1) is 11.2. The second-order valence-corrected chi connectivity index (χ2v) is 5.17. The Kier molecular flexibility index (Phi) is 3.14. The normalized spacial score (nSPS) is 37.1. The quantitative estimate of drug-likeness (QED) is 0.635. The number of fused-ring (bicyclic) bond motifs is 1. The van der Waals surface area contributed by atoms with Crippen molar-refractivity contribution >= 4 is 0 Å². The summed E-state index contributed by atoms with van der Waals surface area (Å²) in [6, 6.07) is 0.943. The van der Waals surface area contributed by atoms with Gasteiger partial charge in [-0.2, -0.15) is 0 Å². The van der Waals surface area contributed by atoms with Crippen molar-refractivity contribution < 1.29 is 0 Å². The van der Waals surface area contributed by atoms with Crippen molar-refractivity contribution in [3.05, 3.63) is 35.5 Å². The van der Waals surface area contributed by atoms with E-state index in [1.807, 2.05) is 0 Å². The Morgan fingerprint density at radius 2 is 2.24 bits per heavy atom. The minimum atomic E-state index is -0.00586. The SMILES string of the molecule is NC1NC(C2CCCCN2)C=C2CC=CC=C21. The second-order valence-electron chi connectivity index (χ2n) is 5.17. The van der Waals surface area contributed by atoms with E-state index in [1.54, 1.807) is 0 Å². The van der Waals surface area contributed by atoms with Gasteiger partial charge in [-0.25, -0.2) is 0 Å². The van der Waals surface area contributed by atoms with Crippen molar-refractivity contribution in [1.82, 2.24) is 10.6 Å². The lowest BCUT2D eigenvalue weighted by Crippen LogP contribution is -2.57. The highest BCUT2D eigenvalue weighted by atomic mass is 15.1. The topological polar surface area (TPSA) is 50.1 Å². The zero-order chi connectivity index (χ0) is 11.7. The molecule has 0 spiro atoms. The summed E-state index contributed by atoms with van der Waals surface area (Å²) in [7, 11) is 0. The Labute approximate surface area is 103 Å². The average molecular weight is 231 g/mol. The zero-order valence-corrected chi connectivity index (χ0v) is 10.2. The summed E-state index contributed by atoms with van der Waals surface area (Å²) in [5.74, 6) is 0. The molecule has 1 saturated heterocycles. The monoisotopic (exact) mass is 231 g/mol. The van der Waals surface area contributed by atoms with Crippen molar-refractivity contribution in [3.63, 3.8) is 0 Å². The predicted octanol–water partition coefficient (Wildman–Crippen LogP) is 1.20. The highest BCUT2D eigenvalue weighted by Gasteiger charge is 2.29. The second kappa shape index (κ2) is 4.77. The van der Waals surface area contributed by atoms with Crippen molar-refractivity contribution in [2.24, 2.45) is 5.73 Å². The summed E-state index contributed by atoms with van der Waals surface area (Å²) in [6.45, 7) is 1.14. The van der Waals surface area contributed by atoms with Crippen LogP contribution >= 0.6 is 0 Å². The van der Waals surface area contributed by atoms with E-state index in [4.69, 9.17) is 5.73 Å². The van der Waals surface area contributed by atoms with Crippen LogP contribution in [-0.4, -0.2) is 24.8 Å². The fourth-order valence-electron chi connectivity index (χ4n) is 3.04. The third kappa shape index (κ3) is 2.23. The van der Waals surface area contributed by atoms with Gasteiger partial charge in [0.1, 0.15) is 0 Å². The van der Waals surface area contributed by atoms with Gasteiger partial charge in [-0.1, -0.05) is 30.7 Å². The summed E-state index contributed by atoms with van der Waals surface area (Å²) in [5, 5.41) is 7.13. The van der Waals surface area contributed by atoms with Crippen LogP contribution in [0.5, 0.6) is 0 Å². The molecule has 2 heterocycles. The van der Waals surface area contributed by atoms with Crippen LogP contribution in [0.1, 0.15) is 25.7 Å². The number of allylic oxidation sites excluding steroid dienone is 3. The van der Waals surface area contributed by atoms with Gasteiger partial charge in [-0.3, -0.25) is 5.32 Å². The van der Waals surface area contributed by atoms with Crippen LogP contribution in [0.3, 0.4) is 0 Å². The van der Waals surface area contributed by atoms with E-state index in [2.05, 4.69) is 34.9 Å². The molecule has 3 unspecified atom stereocenters. The summed E-state index contributed by atoms with van der Waals surface area (Å²) < 4.78 is 0. The van der Waals surface area contributed by atoms with Crippen molar-refractivity contribution in [3.8, 4) is 0 Å². The number of hydrogen-bond donors (Lipinski definition) is 3. The average Bonchev–Trinajstić information content (AvgIpc) is 2.40. The lowest BCUT2D eigenvalue weighted by molar-refractivity contribution is 0.325. The van der Waals surface area contributed by atoms with E-state index in [0.717, 1.165) is 13.0 Å². The van der Waals surface area contributed by atoms with E-state index in [9.17, 15) is 0 Å². The molecule has 3 rings (SSSR count). The molecule has 3 nitrogen and oxygen atoms in total. The van der Waals surface area contributed by atoms with Crippen LogP contribution in [0.15, 0.2) is 35.5 Å². The summed E-state index contributed by atoms with van der Waals surface area (Å²) in [4.78, 5) is 0. The highest BCUT2D eigenvalue weighted by Crippen LogP contribution is 2.27. The first-order valence-corrected chi connectivity index (χ1v) is 6.67. The molecule has 3 aliphatic rings. The Balaban J connectivity index is 1.80. The molecule has 92 valence electrons. The molecule has 0 radical (unpaired) electrons. The van der Waals surface area contributed by atoms with Gasteiger partial charge in [-0.15, -0.1) is 0 Å². The first-order valence-electron chi connectivity index (χ1n) is 6.67. The number of nitrogens with one attached hydrogen (secondary N) is 2. The molecule has 0 amide bonds. The molecule has 1 aliphatic carbocycles.